The Morgan fingerprint density at radius 3 is 2.91 bits per heavy atom. The highest BCUT2D eigenvalue weighted by atomic mass is 16.5. The fourth-order valence-corrected chi connectivity index (χ4v) is 2.06. The molecular formula is C16H19NO5. The molecule has 0 saturated heterocycles. The van der Waals surface area contributed by atoms with Crippen LogP contribution in [0, 0.1) is 6.92 Å². The van der Waals surface area contributed by atoms with Gasteiger partial charge in [0.25, 0.3) is 5.91 Å². The molecule has 6 heteroatoms. The van der Waals surface area contributed by atoms with E-state index in [-0.39, 0.29) is 19.1 Å². The zero-order valence-corrected chi connectivity index (χ0v) is 12.4. The molecule has 1 aromatic heterocycles. The van der Waals surface area contributed by atoms with Crippen LogP contribution in [0.3, 0.4) is 0 Å². The van der Waals surface area contributed by atoms with Gasteiger partial charge in [-0.2, -0.15) is 0 Å². The first-order valence-corrected chi connectivity index (χ1v) is 7.15. The number of fused-ring (bicyclic) bond motifs is 1. The van der Waals surface area contributed by atoms with Gasteiger partial charge >= 0.3 is 5.63 Å². The summed E-state index contributed by atoms with van der Waals surface area (Å²) in [5, 5.41) is 12.2. The number of aliphatic hydroxyl groups is 1. The number of carbonyl (C=O) groups is 1. The quantitative estimate of drug-likeness (QED) is 0.596. The Bertz CT molecular complexity index is 707. The van der Waals surface area contributed by atoms with Gasteiger partial charge in [-0.15, -0.1) is 0 Å². The molecule has 0 atom stereocenters. The van der Waals surface area contributed by atoms with Gasteiger partial charge in [0, 0.05) is 30.7 Å². The monoisotopic (exact) mass is 305 g/mol. The average Bonchev–Trinajstić information content (AvgIpc) is 2.49. The van der Waals surface area contributed by atoms with Crippen LogP contribution in [0.1, 0.15) is 18.4 Å². The number of amides is 1. The maximum atomic E-state index is 11.6. The van der Waals surface area contributed by atoms with Crippen LogP contribution in [0.4, 0.5) is 0 Å². The van der Waals surface area contributed by atoms with Crippen molar-refractivity contribution in [1.82, 2.24) is 5.32 Å². The van der Waals surface area contributed by atoms with E-state index in [4.69, 9.17) is 14.3 Å². The molecule has 0 aliphatic heterocycles. The number of carbonyl (C=O) groups excluding carboxylic acids is 1. The molecule has 0 saturated carbocycles. The van der Waals surface area contributed by atoms with Crippen LogP contribution in [-0.2, 0) is 4.79 Å². The summed E-state index contributed by atoms with van der Waals surface area (Å²) in [4.78, 5) is 22.9. The molecule has 2 aromatic rings. The summed E-state index contributed by atoms with van der Waals surface area (Å²) in [5.41, 5.74) is 0.856. The Labute approximate surface area is 127 Å². The highest BCUT2D eigenvalue weighted by molar-refractivity contribution is 5.81. The first-order valence-electron chi connectivity index (χ1n) is 7.15. The van der Waals surface area contributed by atoms with Crippen molar-refractivity contribution < 1.29 is 19.1 Å². The predicted octanol–water partition coefficient (Wildman–Crippen LogP) is 1.37. The number of nitrogens with one attached hydrogen (secondary N) is 1. The molecule has 0 unspecified atom stereocenters. The van der Waals surface area contributed by atoms with E-state index >= 15 is 0 Å². The van der Waals surface area contributed by atoms with E-state index in [1.165, 1.54) is 6.07 Å². The van der Waals surface area contributed by atoms with E-state index in [1.54, 1.807) is 18.2 Å². The Morgan fingerprint density at radius 2 is 2.14 bits per heavy atom. The van der Waals surface area contributed by atoms with Gasteiger partial charge in [-0.05, 0) is 37.5 Å². The van der Waals surface area contributed by atoms with Gasteiger partial charge in [0.15, 0.2) is 6.61 Å². The van der Waals surface area contributed by atoms with Crippen LogP contribution >= 0.6 is 0 Å². The number of rotatable bonds is 7. The van der Waals surface area contributed by atoms with Crippen molar-refractivity contribution >= 4 is 16.9 Å². The highest BCUT2D eigenvalue weighted by Gasteiger charge is 2.06. The van der Waals surface area contributed by atoms with Crippen molar-refractivity contribution in [2.45, 2.75) is 19.8 Å². The van der Waals surface area contributed by atoms with Gasteiger partial charge in [0.1, 0.15) is 11.3 Å². The van der Waals surface area contributed by atoms with Gasteiger partial charge in [0.2, 0.25) is 0 Å². The third-order valence-electron chi connectivity index (χ3n) is 3.20. The van der Waals surface area contributed by atoms with Crippen LogP contribution in [-0.4, -0.2) is 30.8 Å². The van der Waals surface area contributed by atoms with Gasteiger partial charge in [0.05, 0.1) is 0 Å². The maximum absolute atomic E-state index is 11.6. The zero-order valence-electron chi connectivity index (χ0n) is 12.4. The van der Waals surface area contributed by atoms with Crippen LogP contribution in [0.2, 0.25) is 0 Å². The molecule has 2 N–H and O–H groups in total. The van der Waals surface area contributed by atoms with E-state index in [9.17, 15) is 9.59 Å². The fraction of sp³-hybridized carbons (Fsp3) is 0.375. The molecule has 22 heavy (non-hydrogen) atoms. The van der Waals surface area contributed by atoms with Crippen molar-refractivity contribution in [1.29, 1.82) is 0 Å². The number of unbranched alkanes of at least 4 members (excludes halogenated alkanes) is 1. The molecule has 118 valence electrons. The lowest BCUT2D eigenvalue weighted by atomic mass is 10.1. The first-order chi connectivity index (χ1) is 10.6. The zero-order chi connectivity index (χ0) is 15.9. The molecule has 0 fully saturated rings. The molecule has 1 amide bonds. The molecule has 0 aliphatic rings. The topological polar surface area (TPSA) is 88.8 Å². The lowest BCUT2D eigenvalue weighted by molar-refractivity contribution is -0.123. The van der Waals surface area contributed by atoms with Crippen molar-refractivity contribution in [3.05, 3.63) is 40.2 Å². The molecule has 0 radical (unpaired) electrons. The smallest absolute Gasteiger partial charge is 0.336 e. The summed E-state index contributed by atoms with van der Waals surface area (Å²) in [5.74, 6) is 0.232. The average molecular weight is 305 g/mol. The van der Waals surface area contributed by atoms with Gasteiger partial charge in [-0.3, -0.25) is 4.79 Å². The van der Waals surface area contributed by atoms with Gasteiger partial charge in [-0.25, -0.2) is 4.79 Å². The summed E-state index contributed by atoms with van der Waals surface area (Å²) in [6.45, 7) is 2.35. The van der Waals surface area contributed by atoms with Crippen molar-refractivity contribution in [3.63, 3.8) is 0 Å². The highest BCUT2D eigenvalue weighted by Crippen LogP contribution is 2.22. The Morgan fingerprint density at radius 1 is 1.32 bits per heavy atom. The minimum absolute atomic E-state index is 0.110. The molecular weight excluding hydrogens is 286 g/mol. The van der Waals surface area contributed by atoms with E-state index in [0.717, 1.165) is 17.4 Å². The summed E-state index contributed by atoms with van der Waals surface area (Å²) >= 11 is 0. The summed E-state index contributed by atoms with van der Waals surface area (Å²) in [7, 11) is 0. The number of aryl methyl sites for hydroxylation is 1. The van der Waals surface area contributed by atoms with Crippen LogP contribution in [0.5, 0.6) is 5.75 Å². The summed E-state index contributed by atoms with van der Waals surface area (Å²) in [6.07, 6.45) is 1.38. The van der Waals surface area contributed by atoms with E-state index in [1.807, 2.05) is 6.92 Å². The second-order valence-electron chi connectivity index (χ2n) is 4.98. The van der Waals surface area contributed by atoms with Crippen molar-refractivity contribution in [2.24, 2.45) is 0 Å². The number of aliphatic hydroxyl groups excluding tert-OH is 1. The standard InChI is InChI=1S/C16H19NO5/c1-11-8-16(20)22-14-9-12(4-5-13(11)14)21-10-15(19)17-6-2-3-7-18/h4-5,8-9,18H,2-3,6-7,10H2,1H3,(H,17,19). The molecule has 6 nitrogen and oxygen atoms in total. The van der Waals surface area contributed by atoms with Gasteiger partial charge < -0.3 is 19.6 Å². The van der Waals surface area contributed by atoms with Crippen LogP contribution < -0.4 is 15.7 Å². The molecule has 0 bridgehead atoms. The molecule has 2 rings (SSSR count). The predicted molar refractivity (Wildman–Crippen MR) is 82.0 cm³/mol. The Hall–Kier alpha value is -2.34. The second-order valence-corrected chi connectivity index (χ2v) is 4.98. The fourth-order valence-electron chi connectivity index (χ4n) is 2.06. The van der Waals surface area contributed by atoms with Crippen molar-refractivity contribution in [2.75, 3.05) is 19.8 Å². The van der Waals surface area contributed by atoms with Crippen LogP contribution in [0.15, 0.2) is 33.5 Å². The molecule has 1 heterocycles. The largest absolute Gasteiger partial charge is 0.484 e. The SMILES string of the molecule is Cc1cc(=O)oc2cc(OCC(=O)NCCCCO)ccc12. The van der Waals surface area contributed by atoms with Crippen LogP contribution in [0.25, 0.3) is 11.0 Å². The number of ether oxygens (including phenoxy) is 1. The van der Waals surface area contributed by atoms with E-state index in [2.05, 4.69) is 5.32 Å². The lowest BCUT2D eigenvalue weighted by Gasteiger charge is -2.08. The number of hydrogen-bond donors (Lipinski definition) is 2. The summed E-state index contributed by atoms with van der Waals surface area (Å²) in [6, 6.07) is 6.56. The number of benzene rings is 1. The minimum atomic E-state index is -0.413. The Kier molecular flexibility index (Phi) is 5.55. The maximum Gasteiger partial charge on any atom is 0.336 e. The summed E-state index contributed by atoms with van der Waals surface area (Å²) < 4.78 is 10.5. The normalized spacial score (nSPS) is 10.6. The third-order valence-corrected chi connectivity index (χ3v) is 3.20. The van der Waals surface area contributed by atoms with E-state index in [0.29, 0.717) is 24.3 Å². The van der Waals surface area contributed by atoms with Crippen molar-refractivity contribution in [3.8, 4) is 5.75 Å². The minimum Gasteiger partial charge on any atom is -0.484 e. The molecule has 0 spiro atoms. The number of hydrogen-bond acceptors (Lipinski definition) is 5. The second kappa shape index (κ2) is 7.61. The first kappa shape index (κ1) is 16.0. The third kappa shape index (κ3) is 4.33. The molecule has 1 aromatic carbocycles. The van der Waals surface area contributed by atoms with Gasteiger partial charge in [-0.1, -0.05) is 0 Å². The molecule has 0 aliphatic carbocycles. The van der Waals surface area contributed by atoms with E-state index < -0.39 is 5.63 Å². The Balaban J connectivity index is 1.94. The lowest BCUT2D eigenvalue weighted by Crippen LogP contribution is -2.29.